The van der Waals surface area contributed by atoms with Crippen LogP contribution >= 0.6 is 0 Å². The molecule has 2 N–H and O–H groups in total. The van der Waals surface area contributed by atoms with Crippen LogP contribution in [0.4, 0.5) is 0 Å². The number of fused-ring (bicyclic) bond motifs is 1. The molecule has 2 aromatic rings. The summed E-state index contributed by atoms with van der Waals surface area (Å²) in [5, 5.41) is 0. The minimum absolute atomic E-state index is 0.589. The summed E-state index contributed by atoms with van der Waals surface area (Å²) in [5.41, 5.74) is 11.8. The molecule has 1 aliphatic carbocycles. The minimum atomic E-state index is 0.589. The first kappa shape index (κ1) is 14.1. The second-order valence-electron chi connectivity index (χ2n) is 5.68. The molecule has 1 aromatic carbocycles. The highest BCUT2D eigenvalue weighted by Gasteiger charge is 2.11. The van der Waals surface area contributed by atoms with E-state index in [4.69, 9.17) is 10.5 Å². The smallest absolute Gasteiger partial charge is 0.141 e. The highest BCUT2D eigenvalue weighted by atomic mass is 16.5. The fraction of sp³-hybridized carbons (Fsp3) is 0.389. The number of nitrogens with two attached hydrogens (primary N) is 1. The monoisotopic (exact) mass is 282 g/mol. The van der Waals surface area contributed by atoms with Gasteiger partial charge in [-0.3, -0.25) is 4.98 Å². The Kier molecular flexibility index (Phi) is 4.20. The Hall–Kier alpha value is -1.87. The Labute approximate surface area is 126 Å². The van der Waals surface area contributed by atoms with Gasteiger partial charge in [0.15, 0.2) is 0 Å². The van der Waals surface area contributed by atoms with Gasteiger partial charge in [0.2, 0.25) is 0 Å². The van der Waals surface area contributed by atoms with Crippen LogP contribution in [0.2, 0.25) is 0 Å². The molecule has 0 amide bonds. The molecule has 3 nitrogen and oxygen atoms in total. The maximum atomic E-state index is 5.97. The Balaban J connectivity index is 1.72. The van der Waals surface area contributed by atoms with Gasteiger partial charge in [0.05, 0.1) is 5.69 Å². The zero-order chi connectivity index (χ0) is 14.7. The van der Waals surface area contributed by atoms with Crippen molar-refractivity contribution in [3.63, 3.8) is 0 Å². The number of ether oxygens (including phenoxy) is 1. The standard InChI is InChI=1S/C18H22N2O/c1-13-5-8-18(17(20-13)9-10-19)21-12-14-6-7-15-3-2-4-16(15)11-14/h5-8,11H,2-4,9-10,12,19H2,1H3. The van der Waals surface area contributed by atoms with E-state index in [1.807, 2.05) is 19.1 Å². The van der Waals surface area contributed by atoms with Crippen molar-refractivity contribution < 1.29 is 4.74 Å². The second kappa shape index (κ2) is 6.27. The van der Waals surface area contributed by atoms with Crippen molar-refractivity contribution in [2.75, 3.05) is 6.54 Å². The summed E-state index contributed by atoms with van der Waals surface area (Å²) >= 11 is 0. The number of aromatic nitrogens is 1. The predicted octanol–water partition coefficient (Wildman–Crippen LogP) is 2.96. The summed E-state index contributed by atoms with van der Waals surface area (Å²) < 4.78 is 5.97. The Morgan fingerprint density at radius 3 is 2.86 bits per heavy atom. The van der Waals surface area contributed by atoms with E-state index >= 15 is 0 Å². The lowest BCUT2D eigenvalue weighted by Gasteiger charge is -2.12. The SMILES string of the molecule is Cc1ccc(OCc2ccc3c(c2)CCC3)c(CCN)n1. The molecule has 1 heterocycles. The van der Waals surface area contributed by atoms with E-state index in [2.05, 4.69) is 23.2 Å². The van der Waals surface area contributed by atoms with E-state index in [0.29, 0.717) is 13.2 Å². The maximum absolute atomic E-state index is 5.97. The van der Waals surface area contributed by atoms with Gasteiger partial charge in [0.1, 0.15) is 12.4 Å². The fourth-order valence-electron chi connectivity index (χ4n) is 2.92. The van der Waals surface area contributed by atoms with E-state index in [9.17, 15) is 0 Å². The Morgan fingerprint density at radius 2 is 2.00 bits per heavy atom. The quantitative estimate of drug-likeness (QED) is 0.917. The number of benzene rings is 1. The lowest BCUT2D eigenvalue weighted by molar-refractivity contribution is 0.301. The van der Waals surface area contributed by atoms with Gasteiger partial charge < -0.3 is 10.5 Å². The fourth-order valence-corrected chi connectivity index (χ4v) is 2.92. The van der Waals surface area contributed by atoms with Gasteiger partial charge in [-0.1, -0.05) is 18.2 Å². The molecule has 0 aliphatic heterocycles. The average molecular weight is 282 g/mol. The third kappa shape index (κ3) is 3.24. The van der Waals surface area contributed by atoms with Gasteiger partial charge in [0.25, 0.3) is 0 Å². The lowest BCUT2D eigenvalue weighted by atomic mass is 10.1. The first-order chi connectivity index (χ1) is 10.3. The summed E-state index contributed by atoms with van der Waals surface area (Å²) in [4.78, 5) is 4.53. The summed E-state index contributed by atoms with van der Waals surface area (Å²) in [6.07, 6.45) is 4.45. The molecule has 1 aliphatic rings. The van der Waals surface area contributed by atoms with Gasteiger partial charge in [0, 0.05) is 12.1 Å². The summed E-state index contributed by atoms with van der Waals surface area (Å²) in [6.45, 7) is 3.17. The largest absolute Gasteiger partial charge is 0.487 e. The first-order valence-corrected chi connectivity index (χ1v) is 7.66. The van der Waals surface area contributed by atoms with Crippen LogP contribution in [0.5, 0.6) is 5.75 Å². The van der Waals surface area contributed by atoms with Gasteiger partial charge in [-0.25, -0.2) is 0 Å². The average Bonchev–Trinajstić information content (AvgIpc) is 2.94. The van der Waals surface area contributed by atoms with E-state index in [0.717, 1.165) is 23.6 Å². The second-order valence-corrected chi connectivity index (χ2v) is 5.68. The molecule has 0 bridgehead atoms. The molecule has 3 rings (SSSR count). The van der Waals surface area contributed by atoms with Crippen molar-refractivity contribution in [3.8, 4) is 5.75 Å². The highest BCUT2D eigenvalue weighted by molar-refractivity contribution is 5.36. The number of hydrogen-bond acceptors (Lipinski definition) is 3. The third-order valence-corrected chi connectivity index (χ3v) is 4.01. The van der Waals surface area contributed by atoms with E-state index < -0.39 is 0 Å². The maximum Gasteiger partial charge on any atom is 0.141 e. The predicted molar refractivity (Wildman–Crippen MR) is 84.5 cm³/mol. The molecule has 0 atom stereocenters. The number of aryl methyl sites for hydroxylation is 3. The van der Waals surface area contributed by atoms with Crippen molar-refractivity contribution >= 4 is 0 Å². The van der Waals surface area contributed by atoms with Gasteiger partial charge in [-0.15, -0.1) is 0 Å². The lowest BCUT2D eigenvalue weighted by Crippen LogP contribution is -2.08. The van der Waals surface area contributed by atoms with Crippen LogP contribution in [0.3, 0.4) is 0 Å². The van der Waals surface area contributed by atoms with Crippen LogP contribution in [0.25, 0.3) is 0 Å². The molecule has 110 valence electrons. The molecule has 21 heavy (non-hydrogen) atoms. The van der Waals surface area contributed by atoms with Gasteiger partial charge in [-0.05, 0) is 61.6 Å². The molecule has 0 spiro atoms. The molecular weight excluding hydrogens is 260 g/mol. The normalized spacial score (nSPS) is 13.2. The highest BCUT2D eigenvalue weighted by Crippen LogP contribution is 2.24. The van der Waals surface area contributed by atoms with Crippen LogP contribution in [-0.2, 0) is 25.9 Å². The van der Waals surface area contributed by atoms with E-state index in [1.165, 1.54) is 36.0 Å². The van der Waals surface area contributed by atoms with Crippen molar-refractivity contribution in [2.45, 2.75) is 39.2 Å². The van der Waals surface area contributed by atoms with Crippen LogP contribution in [0.15, 0.2) is 30.3 Å². The molecule has 3 heteroatoms. The third-order valence-electron chi connectivity index (χ3n) is 4.01. The molecule has 0 radical (unpaired) electrons. The van der Waals surface area contributed by atoms with Crippen molar-refractivity contribution in [3.05, 3.63) is 58.4 Å². The van der Waals surface area contributed by atoms with E-state index in [1.54, 1.807) is 0 Å². The zero-order valence-electron chi connectivity index (χ0n) is 12.6. The molecule has 0 fully saturated rings. The van der Waals surface area contributed by atoms with E-state index in [-0.39, 0.29) is 0 Å². The zero-order valence-corrected chi connectivity index (χ0v) is 12.6. The minimum Gasteiger partial charge on any atom is -0.487 e. The number of nitrogens with zero attached hydrogens (tertiary/aromatic N) is 1. The molecule has 0 unspecified atom stereocenters. The molecular formula is C18H22N2O. The molecule has 0 saturated heterocycles. The Morgan fingerprint density at radius 1 is 1.14 bits per heavy atom. The number of hydrogen-bond donors (Lipinski definition) is 1. The van der Waals surface area contributed by atoms with Crippen LogP contribution in [0.1, 0.15) is 34.5 Å². The Bertz CT molecular complexity index is 637. The number of pyridine rings is 1. The van der Waals surface area contributed by atoms with Crippen molar-refractivity contribution in [1.82, 2.24) is 4.98 Å². The van der Waals surface area contributed by atoms with Gasteiger partial charge >= 0.3 is 0 Å². The van der Waals surface area contributed by atoms with Crippen LogP contribution < -0.4 is 10.5 Å². The summed E-state index contributed by atoms with van der Waals surface area (Å²) in [6, 6.07) is 10.7. The number of rotatable bonds is 5. The van der Waals surface area contributed by atoms with Crippen LogP contribution in [-0.4, -0.2) is 11.5 Å². The molecule has 1 aromatic heterocycles. The van der Waals surface area contributed by atoms with Crippen molar-refractivity contribution in [2.24, 2.45) is 5.73 Å². The topological polar surface area (TPSA) is 48.1 Å². The summed E-state index contributed by atoms with van der Waals surface area (Å²) in [5.74, 6) is 0.853. The summed E-state index contributed by atoms with van der Waals surface area (Å²) in [7, 11) is 0. The van der Waals surface area contributed by atoms with Crippen LogP contribution in [0, 0.1) is 6.92 Å². The van der Waals surface area contributed by atoms with Crippen molar-refractivity contribution in [1.29, 1.82) is 0 Å². The molecule has 0 saturated carbocycles. The van der Waals surface area contributed by atoms with Gasteiger partial charge in [-0.2, -0.15) is 0 Å². The first-order valence-electron chi connectivity index (χ1n) is 7.66.